The van der Waals surface area contributed by atoms with Crippen LogP contribution in [0.3, 0.4) is 0 Å². The second-order valence-corrected chi connectivity index (χ2v) is 2.74. The standard InChI is InChI=1S/C7H14N4/c8-5(4-2-1-3-4)6(9)7(10)11/h1-3,8-11H2. The predicted octanol–water partition coefficient (Wildman–Crippen LogP) is -0.572. The van der Waals surface area contributed by atoms with Gasteiger partial charge >= 0.3 is 0 Å². The Labute approximate surface area is 65.9 Å². The van der Waals surface area contributed by atoms with Gasteiger partial charge in [0.15, 0.2) is 0 Å². The molecule has 0 radical (unpaired) electrons. The van der Waals surface area contributed by atoms with E-state index in [4.69, 9.17) is 22.9 Å². The van der Waals surface area contributed by atoms with E-state index in [1.807, 2.05) is 0 Å². The fourth-order valence-electron chi connectivity index (χ4n) is 0.969. The Balaban J connectivity index is 2.82. The topological polar surface area (TPSA) is 104 Å². The van der Waals surface area contributed by atoms with Crippen molar-refractivity contribution in [3.05, 3.63) is 22.8 Å². The highest BCUT2D eigenvalue weighted by Gasteiger charge is 2.14. The Morgan fingerprint density at radius 1 is 1.00 bits per heavy atom. The summed E-state index contributed by atoms with van der Waals surface area (Å²) in [6.07, 6.45) is 3.24. The Bertz CT molecular complexity index is 217. The Morgan fingerprint density at radius 2 is 1.55 bits per heavy atom. The minimum absolute atomic E-state index is 0.113. The van der Waals surface area contributed by atoms with Crippen LogP contribution in [-0.4, -0.2) is 0 Å². The van der Waals surface area contributed by atoms with Gasteiger partial charge in [0.2, 0.25) is 0 Å². The second-order valence-electron chi connectivity index (χ2n) is 2.74. The molecule has 4 heteroatoms. The number of allylic oxidation sites excluding steroid dienone is 1. The van der Waals surface area contributed by atoms with E-state index in [1.54, 1.807) is 0 Å². The molecule has 1 fully saturated rings. The lowest BCUT2D eigenvalue weighted by Crippen LogP contribution is -2.23. The first-order valence-corrected chi connectivity index (χ1v) is 3.61. The highest BCUT2D eigenvalue weighted by molar-refractivity contribution is 5.34. The summed E-state index contributed by atoms with van der Waals surface area (Å²) in [4.78, 5) is 0. The maximum atomic E-state index is 5.66. The van der Waals surface area contributed by atoms with Crippen LogP contribution in [0.25, 0.3) is 0 Å². The summed E-state index contributed by atoms with van der Waals surface area (Å²) in [6, 6.07) is 0. The molecule has 4 nitrogen and oxygen atoms in total. The maximum absolute atomic E-state index is 5.66. The van der Waals surface area contributed by atoms with Crippen LogP contribution in [-0.2, 0) is 0 Å². The van der Waals surface area contributed by atoms with Crippen LogP contribution in [0.5, 0.6) is 0 Å². The molecule has 1 saturated carbocycles. The van der Waals surface area contributed by atoms with E-state index in [0.29, 0.717) is 11.4 Å². The number of rotatable bonds is 1. The minimum atomic E-state index is 0.113. The SMILES string of the molecule is NC(N)=C(N)C(N)=C1CCC1. The monoisotopic (exact) mass is 154 g/mol. The molecule has 0 aliphatic heterocycles. The molecule has 0 amide bonds. The van der Waals surface area contributed by atoms with Gasteiger partial charge in [-0.05, 0) is 24.8 Å². The van der Waals surface area contributed by atoms with Gasteiger partial charge in [-0.15, -0.1) is 0 Å². The fraction of sp³-hybridized carbons (Fsp3) is 0.429. The molecule has 62 valence electrons. The van der Waals surface area contributed by atoms with E-state index in [2.05, 4.69) is 0 Å². The number of hydrogen-bond donors (Lipinski definition) is 4. The summed E-state index contributed by atoms with van der Waals surface area (Å²) in [5.41, 5.74) is 23.8. The molecule has 0 bridgehead atoms. The molecule has 1 rings (SSSR count). The van der Waals surface area contributed by atoms with Crippen molar-refractivity contribution in [2.24, 2.45) is 22.9 Å². The van der Waals surface area contributed by atoms with Crippen molar-refractivity contribution in [2.75, 3.05) is 0 Å². The summed E-state index contributed by atoms with van der Waals surface area (Å²) in [5.74, 6) is 0.113. The number of nitrogens with two attached hydrogens (primary N) is 4. The summed E-state index contributed by atoms with van der Waals surface area (Å²) >= 11 is 0. The van der Waals surface area contributed by atoms with E-state index >= 15 is 0 Å². The first-order valence-electron chi connectivity index (χ1n) is 3.61. The lowest BCUT2D eigenvalue weighted by atomic mass is 9.90. The van der Waals surface area contributed by atoms with Gasteiger partial charge < -0.3 is 22.9 Å². The fourth-order valence-corrected chi connectivity index (χ4v) is 0.969. The van der Waals surface area contributed by atoms with E-state index in [0.717, 1.165) is 12.8 Å². The lowest BCUT2D eigenvalue weighted by molar-refractivity contribution is 0.649. The summed E-state index contributed by atoms with van der Waals surface area (Å²) < 4.78 is 0. The Hall–Kier alpha value is -1.32. The molecule has 11 heavy (non-hydrogen) atoms. The first kappa shape index (κ1) is 7.78. The molecule has 8 N–H and O–H groups in total. The molecule has 0 aromatic carbocycles. The van der Waals surface area contributed by atoms with E-state index in [1.165, 1.54) is 12.0 Å². The molecule has 0 unspecified atom stereocenters. The van der Waals surface area contributed by atoms with Gasteiger partial charge in [-0.25, -0.2) is 0 Å². The largest absolute Gasteiger partial charge is 0.397 e. The second kappa shape index (κ2) is 2.74. The minimum Gasteiger partial charge on any atom is -0.397 e. The predicted molar refractivity (Wildman–Crippen MR) is 44.7 cm³/mol. The van der Waals surface area contributed by atoms with Crippen molar-refractivity contribution >= 4 is 0 Å². The van der Waals surface area contributed by atoms with E-state index < -0.39 is 0 Å². The first-order chi connectivity index (χ1) is 5.13. The van der Waals surface area contributed by atoms with Gasteiger partial charge in [-0.3, -0.25) is 0 Å². The molecule has 0 spiro atoms. The van der Waals surface area contributed by atoms with Crippen molar-refractivity contribution in [3.8, 4) is 0 Å². The van der Waals surface area contributed by atoms with Gasteiger partial charge in [0, 0.05) is 0 Å². The van der Waals surface area contributed by atoms with Gasteiger partial charge in [-0.2, -0.15) is 0 Å². The molecule has 0 aromatic heterocycles. The Morgan fingerprint density at radius 3 is 1.82 bits per heavy atom. The van der Waals surface area contributed by atoms with E-state index in [9.17, 15) is 0 Å². The highest BCUT2D eigenvalue weighted by Crippen LogP contribution is 2.28. The van der Waals surface area contributed by atoms with Crippen LogP contribution >= 0.6 is 0 Å². The summed E-state index contributed by atoms with van der Waals surface area (Å²) in [7, 11) is 0. The van der Waals surface area contributed by atoms with Crippen molar-refractivity contribution in [1.29, 1.82) is 0 Å². The van der Waals surface area contributed by atoms with Gasteiger partial charge in [-0.1, -0.05) is 0 Å². The Kier molecular flexibility index (Phi) is 1.94. The van der Waals surface area contributed by atoms with Crippen LogP contribution in [0.4, 0.5) is 0 Å². The normalized spacial score (nSPS) is 15.5. The third kappa shape index (κ3) is 1.39. The van der Waals surface area contributed by atoms with Crippen molar-refractivity contribution in [3.63, 3.8) is 0 Å². The summed E-state index contributed by atoms with van der Waals surface area (Å²) in [6.45, 7) is 0. The quantitative estimate of drug-likeness (QED) is 0.406. The number of hydrogen-bond acceptors (Lipinski definition) is 4. The zero-order valence-electron chi connectivity index (χ0n) is 6.43. The van der Waals surface area contributed by atoms with Gasteiger partial charge in [0.05, 0.1) is 11.4 Å². The van der Waals surface area contributed by atoms with Crippen LogP contribution < -0.4 is 22.9 Å². The molecular formula is C7H14N4. The van der Waals surface area contributed by atoms with Crippen molar-refractivity contribution in [1.82, 2.24) is 0 Å². The smallest absolute Gasteiger partial charge is 0.119 e. The van der Waals surface area contributed by atoms with Gasteiger partial charge in [0.1, 0.15) is 5.82 Å². The molecule has 0 aromatic rings. The van der Waals surface area contributed by atoms with E-state index in [-0.39, 0.29) is 5.82 Å². The molecule has 0 saturated heterocycles. The molecule has 1 aliphatic carbocycles. The zero-order valence-corrected chi connectivity index (χ0v) is 6.43. The highest BCUT2D eigenvalue weighted by atomic mass is 14.9. The van der Waals surface area contributed by atoms with Crippen LogP contribution in [0, 0.1) is 0 Å². The molecule has 0 atom stereocenters. The van der Waals surface area contributed by atoms with Crippen LogP contribution in [0.2, 0.25) is 0 Å². The van der Waals surface area contributed by atoms with Gasteiger partial charge in [0.25, 0.3) is 0 Å². The molecule has 0 heterocycles. The molecular weight excluding hydrogens is 140 g/mol. The molecule has 1 aliphatic rings. The van der Waals surface area contributed by atoms with Crippen molar-refractivity contribution in [2.45, 2.75) is 19.3 Å². The van der Waals surface area contributed by atoms with Crippen LogP contribution in [0.1, 0.15) is 19.3 Å². The summed E-state index contributed by atoms with van der Waals surface area (Å²) in [5, 5.41) is 0. The lowest BCUT2D eigenvalue weighted by Gasteiger charge is -2.19. The average molecular weight is 154 g/mol. The van der Waals surface area contributed by atoms with Crippen LogP contribution in [0.15, 0.2) is 22.8 Å². The third-order valence-corrected chi connectivity index (χ3v) is 1.94. The van der Waals surface area contributed by atoms with Crippen molar-refractivity contribution < 1.29 is 0 Å². The average Bonchev–Trinajstić information content (AvgIpc) is 1.82. The maximum Gasteiger partial charge on any atom is 0.119 e. The zero-order chi connectivity index (χ0) is 8.43. The third-order valence-electron chi connectivity index (χ3n) is 1.94.